The average molecular weight is 346 g/mol. The van der Waals surface area contributed by atoms with Gasteiger partial charge in [0.2, 0.25) is 5.91 Å². The summed E-state index contributed by atoms with van der Waals surface area (Å²) in [6, 6.07) is 6.76. The van der Waals surface area contributed by atoms with E-state index in [2.05, 4.69) is 5.32 Å². The van der Waals surface area contributed by atoms with Gasteiger partial charge in [-0.1, -0.05) is 34.8 Å². The third kappa shape index (κ3) is 3.79. The molecule has 110 valence electrons. The van der Waals surface area contributed by atoms with Crippen molar-refractivity contribution in [1.82, 2.24) is 4.57 Å². The molecule has 1 aromatic heterocycles. The molecule has 0 saturated heterocycles. The molecule has 1 heterocycles. The van der Waals surface area contributed by atoms with Gasteiger partial charge in [-0.2, -0.15) is 0 Å². The van der Waals surface area contributed by atoms with Crippen molar-refractivity contribution in [3.63, 3.8) is 0 Å². The molecule has 1 aromatic carbocycles. The Morgan fingerprint density at radius 2 is 1.81 bits per heavy atom. The smallest absolute Gasteiger partial charge is 0.251 e. The first-order chi connectivity index (χ1) is 9.88. The lowest BCUT2D eigenvalue weighted by atomic mass is 10.2. The monoisotopic (exact) mass is 344 g/mol. The van der Waals surface area contributed by atoms with Crippen LogP contribution in [0.1, 0.15) is 13.0 Å². The summed E-state index contributed by atoms with van der Waals surface area (Å²) in [6.07, 6.45) is 1.41. The fourth-order valence-electron chi connectivity index (χ4n) is 1.74. The summed E-state index contributed by atoms with van der Waals surface area (Å²) < 4.78 is 1.25. The third-order valence-electron chi connectivity index (χ3n) is 2.89. The molecule has 2 rings (SSSR count). The maximum atomic E-state index is 12.2. The zero-order valence-corrected chi connectivity index (χ0v) is 13.2. The summed E-state index contributed by atoms with van der Waals surface area (Å²) in [4.78, 5) is 24.0. The molecule has 1 unspecified atom stereocenters. The highest BCUT2D eigenvalue weighted by molar-refractivity contribution is 6.35. The Hall–Kier alpha value is -1.49. The number of hydrogen-bond donors (Lipinski definition) is 1. The van der Waals surface area contributed by atoms with E-state index in [9.17, 15) is 9.59 Å². The molecule has 0 aliphatic rings. The van der Waals surface area contributed by atoms with E-state index < -0.39 is 11.9 Å². The van der Waals surface area contributed by atoms with Crippen LogP contribution >= 0.6 is 34.8 Å². The van der Waals surface area contributed by atoms with Gasteiger partial charge in [-0.05, 0) is 31.2 Å². The molecule has 0 fully saturated rings. The molecule has 1 amide bonds. The van der Waals surface area contributed by atoms with Gasteiger partial charge in [0.1, 0.15) is 6.04 Å². The molecule has 7 heteroatoms. The Balaban J connectivity index is 2.25. The molecule has 21 heavy (non-hydrogen) atoms. The second-order valence-electron chi connectivity index (χ2n) is 4.38. The summed E-state index contributed by atoms with van der Waals surface area (Å²) in [7, 11) is 0. The molecular formula is C14H11Cl3N2O2. The minimum Gasteiger partial charge on any atom is -0.323 e. The first-order valence-electron chi connectivity index (χ1n) is 6.02. The van der Waals surface area contributed by atoms with Crippen LogP contribution in [-0.2, 0) is 4.79 Å². The van der Waals surface area contributed by atoms with Crippen LogP contribution in [0.2, 0.25) is 15.1 Å². The number of carbonyl (C=O) groups excluding carboxylic acids is 1. The van der Waals surface area contributed by atoms with Crippen molar-refractivity contribution in [2.45, 2.75) is 13.0 Å². The predicted octanol–water partition coefficient (Wildman–Crippen LogP) is 4.01. The molecule has 1 atom stereocenters. The molecule has 0 bridgehead atoms. The fourth-order valence-corrected chi connectivity index (χ4v) is 2.24. The van der Waals surface area contributed by atoms with E-state index in [1.54, 1.807) is 19.1 Å². The second-order valence-corrected chi connectivity index (χ2v) is 5.66. The molecular weight excluding hydrogens is 335 g/mol. The number of nitrogens with one attached hydrogen (secondary N) is 1. The summed E-state index contributed by atoms with van der Waals surface area (Å²) in [5, 5.41) is 3.81. The van der Waals surface area contributed by atoms with Crippen molar-refractivity contribution in [3.8, 4) is 0 Å². The summed E-state index contributed by atoms with van der Waals surface area (Å²) in [5.74, 6) is -0.400. The van der Waals surface area contributed by atoms with Gasteiger partial charge in [-0.3, -0.25) is 9.59 Å². The normalized spacial score (nSPS) is 12.0. The Morgan fingerprint density at radius 3 is 2.52 bits per heavy atom. The van der Waals surface area contributed by atoms with Gasteiger partial charge in [-0.25, -0.2) is 0 Å². The van der Waals surface area contributed by atoms with Gasteiger partial charge < -0.3 is 9.88 Å². The van der Waals surface area contributed by atoms with Crippen molar-refractivity contribution >= 4 is 46.4 Å². The lowest BCUT2D eigenvalue weighted by Crippen LogP contribution is -2.30. The van der Waals surface area contributed by atoms with E-state index in [0.29, 0.717) is 20.8 Å². The van der Waals surface area contributed by atoms with Crippen LogP contribution in [0.15, 0.2) is 41.3 Å². The number of hydrogen-bond acceptors (Lipinski definition) is 2. The highest BCUT2D eigenvalue weighted by Crippen LogP contribution is 2.26. The topological polar surface area (TPSA) is 51.1 Å². The van der Waals surface area contributed by atoms with E-state index in [1.165, 1.54) is 29.0 Å². The highest BCUT2D eigenvalue weighted by Gasteiger charge is 2.17. The van der Waals surface area contributed by atoms with E-state index in [4.69, 9.17) is 34.8 Å². The SMILES string of the molecule is CC(C(=O)Nc1cc(Cl)ccc1Cl)n1cc(Cl)ccc1=O. The molecule has 0 aliphatic heterocycles. The maximum Gasteiger partial charge on any atom is 0.251 e. The lowest BCUT2D eigenvalue weighted by molar-refractivity contribution is -0.118. The first kappa shape index (κ1) is 15.9. The van der Waals surface area contributed by atoms with Gasteiger partial charge >= 0.3 is 0 Å². The van der Waals surface area contributed by atoms with Crippen LogP contribution in [0.25, 0.3) is 0 Å². The number of anilines is 1. The number of pyridine rings is 1. The number of amides is 1. The largest absolute Gasteiger partial charge is 0.323 e. The van der Waals surface area contributed by atoms with Crippen molar-refractivity contribution in [2.24, 2.45) is 0 Å². The van der Waals surface area contributed by atoms with Crippen LogP contribution in [0.3, 0.4) is 0 Å². The number of carbonyl (C=O) groups is 1. The zero-order chi connectivity index (χ0) is 15.6. The van der Waals surface area contributed by atoms with Gasteiger partial charge in [0.05, 0.1) is 15.7 Å². The molecule has 2 aromatic rings. The van der Waals surface area contributed by atoms with Crippen LogP contribution in [0.4, 0.5) is 5.69 Å². The van der Waals surface area contributed by atoms with Crippen molar-refractivity contribution < 1.29 is 4.79 Å². The number of nitrogens with zero attached hydrogens (tertiary/aromatic N) is 1. The third-order valence-corrected chi connectivity index (χ3v) is 3.67. The van der Waals surface area contributed by atoms with E-state index in [-0.39, 0.29) is 5.56 Å². The van der Waals surface area contributed by atoms with Crippen molar-refractivity contribution in [3.05, 3.63) is 62.0 Å². The summed E-state index contributed by atoms with van der Waals surface area (Å²) in [5.41, 5.74) is 0.0651. The molecule has 0 aliphatic carbocycles. The van der Waals surface area contributed by atoms with E-state index in [1.807, 2.05) is 0 Å². The highest BCUT2D eigenvalue weighted by atomic mass is 35.5. The Labute approximate surface area is 136 Å². The molecule has 0 radical (unpaired) electrons. The molecule has 1 N–H and O–H groups in total. The number of halogens is 3. The van der Waals surface area contributed by atoms with Gasteiger partial charge in [0.15, 0.2) is 0 Å². The number of aromatic nitrogens is 1. The summed E-state index contributed by atoms with van der Waals surface area (Å²) in [6.45, 7) is 1.59. The Kier molecular flexibility index (Phi) is 4.93. The average Bonchev–Trinajstić information content (AvgIpc) is 2.44. The van der Waals surface area contributed by atoms with Gasteiger partial charge in [0, 0.05) is 17.3 Å². The number of rotatable bonds is 3. The second kappa shape index (κ2) is 6.52. The van der Waals surface area contributed by atoms with Crippen molar-refractivity contribution in [2.75, 3.05) is 5.32 Å². The van der Waals surface area contributed by atoms with Crippen LogP contribution in [-0.4, -0.2) is 10.5 Å². The minimum atomic E-state index is -0.744. The van der Waals surface area contributed by atoms with Gasteiger partial charge in [0.25, 0.3) is 5.56 Å². The van der Waals surface area contributed by atoms with E-state index >= 15 is 0 Å². The fraction of sp³-hybridized carbons (Fsp3) is 0.143. The summed E-state index contributed by atoms with van der Waals surface area (Å²) >= 11 is 17.7. The predicted molar refractivity (Wildman–Crippen MR) is 85.5 cm³/mol. The van der Waals surface area contributed by atoms with Crippen molar-refractivity contribution in [1.29, 1.82) is 0 Å². The zero-order valence-electron chi connectivity index (χ0n) is 10.9. The van der Waals surface area contributed by atoms with Crippen LogP contribution in [0.5, 0.6) is 0 Å². The Bertz CT molecular complexity index is 743. The molecule has 0 saturated carbocycles. The lowest BCUT2D eigenvalue weighted by Gasteiger charge is -2.16. The van der Waals surface area contributed by atoms with Gasteiger partial charge in [-0.15, -0.1) is 0 Å². The standard InChI is InChI=1S/C14H11Cl3N2O2/c1-8(19-7-10(16)3-5-13(19)20)14(21)18-12-6-9(15)2-4-11(12)17/h2-8H,1H3,(H,18,21). The minimum absolute atomic E-state index is 0.320. The Morgan fingerprint density at radius 1 is 1.14 bits per heavy atom. The molecule has 0 spiro atoms. The first-order valence-corrected chi connectivity index (χ1v) is 7.15. The quantitative estimate of drug-likeness (QED) is 0.914. The van der Waals surface area contributed by atoms with Crippen LogP contribution in [0, 0.1) is 0 Å². The number of benzene rings is 1. The maximum absolute atomic E-state index is 12.2. The van der Waals surface area contributed by atoms with Crippen LogP contribution < -0.4 is 10.9 Å². The molecule has 4 nitrogen and oxygen atoms in total. The van der Waals surface area contributed by atoms with E-state index in [0.717, 1.165) is 0 Å².